The minimum absolute atomic E-state index is 0. The van der Waals surface area contributed by atoms with E-state index in [1.165, 1.54) is 0 Å². The lowest BCUT2D eigenvalue weighted by molar-refractivity contribution is -0.121. The van der Waals surface area contributed by atoms with Crippen LogP contribution in [0.3, 0.4) is 0 Å². The Morgan fingerprint density at radius 2 is 1.46 bits per heavy atom. The Balaban J connectivity index is 0.00000144. The first-order valence-corrected chi connectivity index (χ1v) is 7.70. The number of hydrogen-bond donors (Lipinski definition) is 2. The standard InChI is InChI=1S/C18H21N3O.2ClH/c22-18(20-16-9-5-2-6-10-16)17(15-7-3-1-4-8-15)21-13-11-19-12-14-21;;/h1-10,17,19H,11-14H2,(H,20,22);2*1H. The molecule has 24 heavy (non-hydrogen) atoms. The number of rotatable bonds is 4. The van der Waals surface area contributed by atoms with Crippen molar-refractivity contribution in [1.82, 2.24) is 10.2 Å². The second kappa shape index (κ2) is 10.3. The van der Waals surface area contributed by atoms with E-state index in [1.54, 1.807) is 0 Å². The van der Waals surface area contributed by atoms with E-state index in [0.29, 0.717) is 0 Å². The lowest BCUT2D eigenvalue weighted by atomic mass is 10.0. The molecule has 1 heterocycles. The molecule has 1 saturated heterocycles. The number of para-hydroxylation sites is 1. The van der Waals surface area contributed by atoms with E-state index in [2.05, 4.69) is 15.5 Å². The smallest absolute Gasteiger partial charge is 0.246 e. The molecular weight excluding hydrogens is 345 g/mol. The molecule has 0 aliphatic carbocycles. The van der Waals surface area contributed by atoms with Gasteiger partial charge in [-0.05, 0) is 17.7 Å². The van der Waals surface area contributed by atoms with Crippen molar-refractivity contribution in [3.8, 4) is 0 Å². The predicted molar refractivity (Wildman–Crippen MR) is 103 cm³/mol. The molecule has 0 saturated carbocycles. The Hall–Kier alpha value is -1.59. The van der Waals surface area contributed by atoms with Gasteiger partial charge in [0.1, 0.15) is 6.04 Å². The van der Waals surface area contributed by atoms with E-state index in [9.17, 15) is 4.79 Å². The van der Waals surface area contributed by atoms with Crippen molar-refractivity contribution in [2.75, 3.05) is 31.5 Å². The lowest BCUT2D eigenvalue weighted by Gasteiger charge is -2.34. The van der Waals surface area contributed by atoms with Crippen molar-refractivity contribution in [3.63, 3.8) is 0 Å². The van der Waals surface area contributed by atoms with Crippen LogP contribution in [0.1, 0.15) is 11.6 Å². The molecule has 1 aliphatic rings. The molecule has 0 spiro atoms. The molecule has 1 atom stereocenters. The molecule has 2 N–H and O–H groups in total. The van der Waals surface area contributed by atoms with Gasteiger partial charge in [0.2, 0.25) is 5.91 Å². The molecule has 0 radical (unpaired) electrons. The van der Waals surface area contributed by atoms with Gasteiger partial charge < -0.3 is 10.6 Å². The van der Waals surface area contributed by atoms with Crippen LogP contribution < -0.4 is 10.6 Å². The van der Waals surface area contributed by atoms with Gasteiger partial charge in [0, 0.05) is 31.9 Å². The topological polar surface area (TPSA) is 44.4 Å². The van der Waals surface area contributed by atoms with E-state index < -0.39 is 0 Å². The van der Waals surface area contributed by atoms with Crippen molar-refractivity contribution in [3.05, 3.63) is 66.2 Å². The number of anilines is 1. The van der Waals surface area contributed by atoms with E-state index in [0.717, 1.165) is 37.4 Å². The molecule has 1 unspecified atom stereocenters. The molecule has 130 valence electrons. The zero-order valence-corrected chi connectivity index (χ0v) is 15.0. The van der Waals surface area contributed by atoms with Crippen molar-refractivity contribution in [2.24, 2.45) is 0 Å². The fourth-order valence-electron chi connectivity index (χ4n) is 2.84. The SMILES string of the molecule is Cl.Cl.O=C(Nc1ccccc1)C(c1ccccc1)N1CCNCC1. The Morgan fingerprint density at radius 3 is 2.04 bits per heavy atom. The molecule has 4 nitrogen and oxygen atoms in total. The van der Waals surface area contributed by atoms with Crippen LogP contribution in [0.15, 0.2) is 60.7 Å². The van der Waals surface area contributed by atoms with Crippen LogP contribution in [0, 0.1) is 0 Å². The largest absolute Gasteiger partial charge is 0.324 e. The minimum Gasteiger partial charge on any atom is -0.324 e. The van der Waals surface area contributed by atoms with Crippen LogP contribution in [0.4, 0.5) is 5.69 Å². The Bertz CT molecular complexity index is 604. The number of piperazine rings is 1. The number of amides is 1. The van der Waals surface area contributed by atoms with Crippen LogP contribution in [0.2, 0.25) is 0 Å². The van der Waals surface area contributed by atoms with Crippen LogP contribution in [0.5, 0.6) is 0 Å². The third-order valence-electron chi connectivity index (χ3n) is 3.92. The van der Waals surface area contributed by atoms with E-state index in [1.807, 2.05) is 60.7 Å². The zero-order valence-electron chi connectivity index (χ0n) is 13.4. The molecule has 1 aliphatic heterocycles. The molecule has 6 heteroatoms. The molecule has 3 rings (SSSR count). The van der Waals surface area contributed by atoms with E-state index >= 15 is 0 Å². The highest BCUT2D eigenvalue weighted by Crippen LogP contribution is 2.23. The first-order valence-electron chi connectivity index (χ1n) is 7.70. The summed E-state index contributed by atoms with van der Waals surface area (Å²) in [5.41, 5.74) is 1.88. The summed E-state index contributed by atoms with van der Waals surface area (Å²) >= 11 is 0. The number of carbonyl (C=O) groups is 1. The highest BCUT2D eigenvalue weighted by atomic mass is 35.5. The van der Waals surface area contributed by atoms with Crippen molar-refractivity contribution in [1.29, 1.82) is 0 Å². The number of benzene rings is 2. The predicted octanol–water partition coefficient (Wildman–Crippen LogP) is 3.12. The number of hydrogen-bond acceptors (Lipinski definition) is 3. The van der Waals surface area contributed by atoms with Gasteiger partial charge in [0.25, 0.3) is 0 Å². The molecule has 0 bridgehead atoms. The van der Waals surface area contributed by atoms with Crippen LogP contribution in [-0.2, 0) is 4.79 Å². The molecular formula is C18H23Cl2N3O. The monoisotopic (exact) mass is 367 g/mol. The van der Waals surface area contributed by atoms with Gasteiger partial charge in [-0.1, -0.05) is 48.5 Å². The van der Waals surface area contributed by atoms with E-state index in [-0.39, 0.29) is 36.8 Å². The Morgan fingerprint density at radius 1 is 0.917 bits per heavy atom. The maximum Gasteiger partial charge on any atom is 0.246 e. The number of nitrogens with zero attached hydrogens (tertiary/aromatic N) is 1. The van der Waals surface area contributed by atoms with Gasteiger partial charge in [-0.2, -0.15) is 0 Å². The summed E-state index contributed by atoms with van der Waals surface area (Å²) in [5, 5.41) is 6.37. The van der Waals surface area contributed by atoms with Gasteiger partial charge >= 0.3 is 0 Å². The average molecular weight is 368 g/mol. The molecule has 2 aromatic carbocycles. The summed E-state index contributed by atoms with van der Waals surface area (Å²) < 4.78 is 0. The minimum atomic E-state index is -0.247. The third-order valence-corrected chi connectivity index (χ3v) is 3.92. The van der Waals surface area contributed by atoms with Gasteiger partial charge in [0.15, 0.2) is 0 Å². The normalized spacial score (nSPS) is 15.5. The maximum atomic E-state index is 12.8. The highest BCUT2D eigenvalue weighted by molar-refractivity contribution is 5.95. The second-order valence-electron chi connectivity index (χ2n) is 5.45. The Kier molecular flexibility index (Phi) is 8.79. The highest BCUT2D eigenvalue weighted by Gasteiger charge is 2.28. The summed E-state index contributed by atoms with van der Waals surface area (Å²) in [5.74, 6) is 0.0271. The van der Waals surface area contributed by atoms with Crippen molar-refractivity contribution < 1.29 is 4.79 Å². The number of carbonyl (C=O) groups excluding carboxylic acids is 1. The fourth-order valence-corrected chi connectivity index (χ4v) is 2.84. The number of nitrogens with one attached hydrogen (secondary N) is 2. The van der Waals surface area contributed by atoms with Gasteiger partial charge in [-0.25, -0.2) is 0 Å². The van der Waals surface area contributed by atoms with Crippen molar-refractivity contribution >= 4 is 36.4 Å². The third kappa shape index (κ3) is 5.21. The molecule has 1 fully saturated rings. The van der Waals surface area contributed by atoms with Crippen LogP contribution in [-0.4, -0.2) is 37.0 Å². The van der Waals surface area contributed by atoms with Gasteiger partial charge in [-0.15, -0.1) is 24.8 Å². The Labute approximate surface area is 155 Å². The lowest BCUT2D eigenvalue weighted by Crippen LogP contribution is -2.48. The average Bonchev–Trinajstić information content (AvgIpc) is 2.58. The maximum absolute atomic E-state index is 12.8. The van der Waals surface area contributed by atoms with Crippen LogP contribution >= 0.6 is 24.8 Å². The molecule has 1 amide bonds. The summed E-state index contributed by atoms with van der Waals surface area (Å²) in [4.78, 5) is 15.1. The quantitative estimate of drug-likeness (QED) is 0.872. The van der Waals surface area contributed by atoms with E-state index in [4.69, 9.17) is 0 Å². The zero-order chi connectivity index (χ0) is 15.2. The summed E-state index contributed by atoms with van der Waals surface area (Å²) in [6.07, 6.45) is 0. The first-order chi connectivity index (χ1) is 10.8. The van der Waals surface area contributed by atoms with Crippen molar-refractivity contribution in [2.45, 2.75) is 6.04 Å². The summed E-state index contributed by atoms with van der Waals surface area (Å²) in [6.45, 7) is 3.59. The van der Waals surface area contributed by atoms with Crippen LogP contribution in [0.25, 0.3) is 0 Å². The van der Waals surface area contributed by atoms with Gasteiger partial charge in [-0.3, -0.25) is 9.69 Å². The number of halogens is 2. The summed E-state index contributed by atoms with van der Waals surface area (Å²) in [7, 11) is 0. The summed E-state index contributed by atoms with van der Waals surface area (Å²) in [6, 6.07) is 19.4. The molecule has 2 aromatic rings. The van der Waals surface area contributed by atoms with Gasteiger partial charge in [0.05, 0.1) is 0 Å². The first kappa shape index (κ1) is 20.5. The second-order valence-corrected chi connectivity index (χ2v) is 5.45. The molecule has 0 aromatic heterocycles. The fraction of sp³-hybridized carbons (Fsp3) is 0.278.